The van der Waals surface area contributed by atoms with Crippen molar-refractivity contribution in [3.8, 4) is 0 Å². The first-order valence-corrected chi connectivity index (χ1v) is 20.2. The Morgan fingerprint density at radius 2 is 0.818 bits per heavy atom. The number of halogens is 1. The number of anilines is 1. The summed E-state index contributed by atoms with van der Waals surface area (Å²) in [6, 6.07) is 20.9. The highest BCUT2D eigenvalue weighted by atomic mass is 35.5. The summed E-state index contributed by atoms with van der Waals surface area (Å²) in [5.74, 6) is 0.549. The highest BCUT2D eigenvalue weighted by Crippen LogP contribution is 2.27. The average molecular weight is 772 g/mol. The van der Waals surface area contributed by atoms with Crippen LogP contribution in [0.25, 0.3) is 0 Å². The molecule has 6 rings (SSSR count). The average Bonchev–Trinajstić information content (AvgIpc) is 3.20. The van der Waals surface area contributed by atoms with Crippen molar-refractivity contribution in [1.82, 2.24) is 0 Å². The fourth-order valence-electron chi connectivity index (χ4n) is 7.21. The molecule has 0 radical (unpaired) electrons. The van der Waals surface area contributed by atoms with Crippen molar-refractivity contribution in [2.75, 3.05) is 5.73 Å². The van der Waals surface area contributed by atoms with Crippen LogP contribution in [0.2, 0.25) is 0 Å². The summed E-state index contributed by atoms with van der Waals surface area (Å²) in [4.78, 5) is 67.3. The molecule has 3 aliphatic carbocycles. The smallest absolute Gasteiger partial charge is 0.335 e. The Labute approximate surface area is 331 Å². The van der Waals surface area contributed by atoms with Gasteiger partial charge in [-0.2, -0.15) is 0 Å². The van der Waals surface area contributed by atoms with Gasteiger partial charge in [-0.05, 0) is 111 Å². The van der Waals surface area contributed by atoms with E-state index in [0.29, 0.717) is 41.2 Å². The molecule has 0 spiro atoms. The highest BCUT2D eigenvalue weighted by molar-refractivity contribution is 6.63. The number of rotatable bonds is 10. The lowest BCUT2D eigenvalue weighted by atomic mass is 9.84. The van der Waals surface area contributed by atoms with Gasteiger partial charge in [0.15, 0.2) is 11.6 Å². The molecular weight excluding hydrogens is 714 g/mol. The lowest BCUT2D eigenvalue weighted by Crippen LogP contribution is -2.19. The summed E-state index contributed by atoms with van der Waals surface area (Å²) in [6.45, 7) is 3.09. The van der Waals surface area contributed by atoms with Gasteiger partial charge in [-0.3, -0.25) is 24.0 Å². The van der Waals surface area contributed by atoms with Crippen molar-refractivity contribution in [1.29, 1.82) is 0 Å². The maximum absolute atomic E-state index is 12.1. The zero-order valence-corrected chi connectivity index (χ0v) is 33.3. The fourth-order valence-corrected chi connectivity index (χ4v) is 7.43. The minimum absolute atomic E-state index is 0.0694. The number of carbonyl (C=O) groups excluding carboxylic acids is 5. The number of Topliss-reactive ketones (excluding diaryl/α,β-unsaturated/α-hetero) is 4. The molecule has 0 saturated heterocycles. The van der Waals surface area contributed by atoms with Crippen molar-refractivity contribution in [3.63, 3.8) is 0 Å². The number of hydrogen-bond donors (Lipinski definition) is 2. The van der Waals surface area contributed by atoms with Crippen molar-refractivity contribution in [2.24, 2.45) is 17.8 Å². The first kappa shape index (κ1) is 45.0. The van der Waals surface area contributed by atoms with Crippen LogP contribution in [0, 0.1) is 17.8 Å². The molecule has 0 unspecified atom stereocenters. The molecule has 3 aromatic carbocycles. The van der Waals surface area contributed by atoms with Gasteiger partial charge in [-0.25, -0.2) is 4.79 Å². The van der Waals surface area contributed by atoms with Gasteiger partial charge in [0.2, 0.25) is 5.24 Å². The predicted molar refractivity (Wildman–Crippen MR) is 219 cm³/mol. The van der Waals surface area contributed by atoms with Gasteiger partial charge in [-0.15, -0.1) is 0 Å². The minimum Gasteiger partial charge on any atom is -0.478 e. The summed E-state index contributed by atoms with van der Waals surface area (Å²) in [5.41, 5.74) is 9.72. The Morgan fingerprint density at radius 3 is 1.11 bits per heavy atom. The monoisotopic (exact) mass is 771 g/mol. The largest absolute Gasteiger partial charge is 0.478 e. The molecule has 0 amide bonds. The third-order valence-electron chi connectivity index (χ3n) is 10.7. The van der Waals surface area contributed by atoms with Crippen molar-refractivity contribution >= 4 is 51.6 Å². The molecule has 3 fully saturated rings. The Kier molecular flexibility index (Phi) is 19.8. The van der Waals surface area contributed by atoms with E-state index in [-0.39, 0.29) is 40.1 Å². The molecule has 3 aromatic rings. The van der Waals surface area contributed by atoms with Crippen LogP contribution in [-0.2, 0) is 27.2 Å². The van der Waals surface area contributed by atoms with E-state index in [1.807, 2.05) is 24.3 Å². The maximum Gasteiger partial charge on any atom is 0.335 e. The quantitative estimate of drug-likeness (QED) is 0.118. The predicted octanol–water partition coefficient (Wildman–Crippen LogP) is 10.5. The lowest BCUT2D eigenvalue weighted by Gasteiger charge is -2.20. The molecular formula is C46H58ClNO7. The molecule has 0 bridgehead atoms. The van der Waals surface area contributed by atoms with Gasteiger partial charge >= 0.3 is 5.97 Å². The molecule has 0 heterocycles. The fraction of sp³-hybridized carbons (Fsp3) is 0.478. The van der Waals surface area contributed by atoms with Crippen LogP contribution in [0.1, 0.15) is 152 Å². The Morgan fingerprint density at radius 1 is 0.509 bits per heavy atom. The molecule has 0 atom stereocenters. The number of carboxylic acid groups (broad SMARTS) is 1. The second-order valence-corrected chi connectivity index (χ2v) is 15.4. The molecule has 0 aromatic heterocycles. The van der Waals surface area contributed by atoms with E-state index in [0.717, 1.165) is 62.5 Å². The van der Waals surface area contributed by atoms with Crippen molar-refractivity contribution < 1.29 is 33.9 Å². The van der Waals surface area contributed by atoms with E-state index >= 15 is 0 Å². The van der Waals surface area contributed by atoms with Gasteiger partial charge in [0.1, 0.15) is 11.6 Å². The van der Waals surface area contributed by atoms with Crippen LogP contribution in [0.5, 0.6) is 0 Å². The van der Waals surface area contributed by atoms with Gasteiger partial charge in [0, 0.05) is 47.4 Å². The number of carboxylic acids is 1. The van der Waals surface area contributed by atoms with E-state index in [1.54, 1.807) is 55.5 Å². The second kappa shape index (κ2) is 24.2. The second-order valence-electron chi connectivity index (χ2n) is 15.0. The van der Waals surface area contributed by atoms with E-state index < -0.39 is 5.97 Å². The van der Waals surface area contributed by atoms with E-state index in [4.69, 9.17) is 22.4 Å². The molecule has 0 aliphatic heterocycles. The lowest BCUT2D eigenvalue weighted by molar-refractivity contribution is -0.123. The Hall–Kier alpha value is -4.43. The van der Waals surface area contributed by atoms with Gasteiger partial charge < -0.3 is 10.8 Å². The number of nitrogen functional groups attached to an aromatic ring is 1. The first-order valence-electron chi connectivity index (χ1n) is 19.9. The third-order valence-corrected chi connectivity index (χ3v) is 11.0. The molecule has 55 heavy (non-hydrogen) atoms. The Balaban J connectivity index is 0.000000206. The van der Waals surface area contributed by atoms with E-state index in [9.17, 15) is 28.8 Å². The van der Waals surface area contributed by atoms with Crippen LogP contribution in [0.4, 0.5) is 5.69 Å². The van der Waals surface area contributed by atoms with Crippen LogP contribution in [0.3, 0.4) is 0 Å². The van der Waals surface area contributed by atoms with Crippen molar-refractivity contribution in [2.45, 2.75) is 123 Å². The summed E-state index contributed by atoms with van der Waals surface area (Å²) < 4.78 is 0. The first-order chi connectivity index (χ1) is 26.3. The number of aromatic carboxylic acids is 1. The minimum atomic E-state index is -0.930. The highest BCUT2D eigenvalue weighted by Gasteiger charge is 2.22. The third kappa shape index (κ3) is 16.9. The Bertz CT molecular complexity index is 1600. The molecule has 9 heteroatoms. The molecule has 296 valence electrons. The van der Waals surface area contributed by atoms with Gasteiger partial charge in [0.25, 0.3) is 0 Å². The van der Waals surface area contributed by atoms with Crippen LogP contribution < -0.4 is 5.73 Å². The summed E-state index contributed by atoms with van der Waals surface area (Å²) in [6.07, 6.45) is 18.0. The maximum atomic E-state index is 12.1. The SMILES string of the molecule is CC(=O)c1ccc(CC(=O)C2CCCCC2)cc1.CC(=O)c1ccc(N)cc1.O=C(Cl)C1CCCCC1.O=C(O)c1ccc(CC(=O)C2CCCCC2)cc1. The standard InChI is InChI=1S/C16H20O2.C15H18O3.C8H9NO.C7H11ClO/c1-12(17)14-9-7-13(8-10-14)11-16(18)15-5-3-2-4-6-15;16-14(12-4-2-1-3-5-12)10-11-6-8-13(9-7-11)15(17)18;1-6(10)7-2-4-8(9)5-3-7;8-7(9)6-4-2-1-3-5-6/h7-10,15H,2-6,11H2,1H3;6-9,12H,1-5,10H2,(H,17,18);2-5H,9H2,1H3;6H,1-5H2. The number of ketones is 4. The summed E-state index contributed by atoms with van der Waals surface area (Å²) in [7, 11) is 0. The molecule has 3 saturated carbocycles. The van der Waals surface area contributed by atoms with E-state index in [1.165, 1.54) is 51.9 Å². The normalized spacial score (nSPS) is 16.1. The molecule has 3 aliphatic rings. The number of nitrogens with two attached hydrogens (primary N) is 1. The van der Waals surface area contributed by atoms with Crippen LogP contribution >= 0.6 is 11.6 Å². The van der Waals surface area contributed by atoms with Crippen molar-refractivity contribution in [3.05, 3.63) is 101 Å². The zero-order chi connectivity index (χ0) is 40.2. The van der Waals surface area contributed by atoms with E-state index in [2.05, 4.69) is 0 Å². The number of benzene rings is 3. The topological polar surface area (TPSA) is 149 Å². The van der Waals surface area contributed by atoms with Crippen LogP contribution in [-0.4, -0.2) is 39.5 Å². The number of hydrogen-bond acceptors (Lipinski definition) is 7. The molecule has 8 nitrogen and oxygen atoms in total. The van der Waals surface area contributed by atoms with Gasteiger partial charge in [0.05, 0.1) is 5.56 Å². The zero-order valence-electron chi connectivity index (χ0n) is 32.5. The molecule has 3 N–H and O–H groups in total. The number of carbonyl (C=O) groups is 6. The summed E-state index contributed by atoms with van der Waals surface area (Å²) in [5, 5.41) is 8.66. The van der Waals surface area contributed by atoms with Gasteiger partial charge in [-0.1, -0.05) is 94.2 Å². The summed E-state index contributed by atoms with van der Waals surface area (Å²) >= 11 is 5.32. The van der Waals surface area contributed by atoms with Crippen LogP contribution in [0.15, 0.2) is 72.8 Å².